The molecule has 0 aromatic rings. The van der Waals surface area contributed by atoms with Crippen LogP contribution in [0.4, 0.5) is 0 Å². The molecule has 1 atom stereocenters. The maximum atomic E-state index is 11.1. The van der Waals surface area contributed by atoms with E-state index in [4.69, 9.17) is 9.84 Å². The summed E-state index contributed by atoms with van der Waals surface area (Å²) in [5.74, 6) is 0. The summed E-state index contributed by atoms with van der Waals surface area (Å²) in [6.07, 6.45) is 5.46. The number of hydrogen-bond acceptors (Lipinski definition) is 4. The first kappa shape index (κ1) is 12.4. The molecule has 0 spiro atoms. The van der Waals surface area contributed by atoms with Gasteiger partial charge in [0, 0.05) is 0 Å². The summed E-state index contributed by atoms with van der Waals surface area (Å²) in [7, 11) is -1.25. The van der Waals surface area contributed by atoms with Gasteiger partial charge >= 0.3 is 7.80 Å². The fourth-order valence-corrected chi connectivity index (χ4v) is 1.70. The lowest BCUT2D eigenvalue weighted by Crippen LogP contribution is -1.86. The molecule has 0 saturated heterocycles. The second-order valence-corrected chi connectivity index (χ2v) is 4.09. The Morgan fingerprint density at radius 2 is 2.08 bits per heavy atom. The Balaban J connectivity index is 3.26. The molecule has 0 aliphatic heterocycles. The monoisotopic (exact) mass is 207 g/mol. The second-order valence-electron chi connectivity index (χ2n) is 2.42. The van der Waals surface area contributed by atoms with E-state index in [1.54, 1.807) is 0 Å². The lowest BCUT2D eigenvalue weighted by Gasteiger charge is -1.92. The predicted octanol–water partition coefficient (Wildman–Crippen LogP) is 2.03. The van der Waals surface area contributed by atoms with Crippen LogP contribution in [0.25, 0.3) is 0 Å². The van der Waals surface area contributed by atoms with Gasteiger partial charge in [-0.1, -0.05) is 17.9 Å². The van der Waals surface area contributed by atoms with Crippen molar-refractivity contribution in [3.63, 3.8) is 0 Å². The number of hydrogen-bond donors (Lipinski definition) is 1. The first-order chi connectivity index (χ1) is 6.31. The van der Waals surface area contributed by atoms with Crippen molar-refractivity contribution in [2.45, 2.75) is 19.8 Å². The smallest absolute Gasteiger partial charge is 0.379 e. The van der Waals surface area contributed by atoms with E-state index in [-0.39, 0.29) is 13.1 Å². The largest absolute Gasteiger partial charge is 0.472 e. The first-order valence-electron chi connectivity index (χ1n) is 4.22. The van der Waals surface area contributed by atoms with Gasteiger partial charge in [0.05, 0.1) is 0 Å². The van der Waals surface area contributed by atoms with E-state index >= 15 is 0 Å². The molecule has 0 aliphatic carbocycles. The van der Waals surface area contributed by atoms with E-state index in [1.165, 1.54) is 12.5 Å². The molecule has 0 fully saturated rings. The quantitative estimate of drug-likeness (QED) is 0.376. The van der Waals surface area contributed by atoms with Gasteiger partial charge < -0.3 is 14.6 Å². The zero-order valence-corrected chi connectivity index (χ0v) is 8.70. The van der Waals surface area contributed by atoms with Gasteiger partial charge in [-0.3, -0.25) is 0 Å². The van der Waals surface area contributed by atoms with Crippen molar-refractivity contribution >= 4 is 7.80 Å². The van der Waals surface area contributed by atoms with Gasteiger partial charge in [-0.25, -0.2) is 0 Å². The Labute approximate surface area is 79.3 Å². The molecule has 0 heterocycles. The second kappa shape index (κ2) is 9.49. The third-order valence-electron chi connectivity index (χ3n) is 1.30. The van der Waals surface area contributed by atoms with Gasteiger partial charge in [-0.2, -0.15) is 0 Å². The normalized spacial score (nSPS) is 11.7. The van der Waals surface area contributed by atoms with Gasteiger partial charge in [0.2, 0.25) is 0 Å². The minimum absolute atomic E-state index is 0.223. The SMILES string of the molecule is CCCC[P+](=O)CO/C=C\OCO. The molecule has 0 radical (unpaired) electrons. The van der Waals surface area contributed by atoms with Crippen LogP contribution in [0.15, 0.2) is 12.5 Å². The summed E-state index contributed by atoms with van der Waals surface area (Å²) < 4.78 is 20.5. The van der Waals surface area contributed by atoms with Crippen molar-refractivity contribution in [2.75, 3.05) is 19.3 Å². The van der Waals surface area contributed by atoms with E-state index in [1.807, 2.05) is 0 Å². The van der Waals surface area contributed by atoms with Crippen molar-refractivity contribution in [2.24, 2.45) is 0 Å². The zero-order chi connectivity index (χ0) is 9.94. The standard InChI is InChI=1S/C8H16O4P/c1-2-3-6-13(10)8-12-5-4-11-7-9/h4-5,9H,2-3,6-8H2,1H3/q+1/b5-4-. The summed E-state index contributed by atoms with van der Waals surface area (Å²) in [5, 5.41) is 8.20. The highest BCUT2D eigenvalue weighted by Crippen LogP contribution is 2.21. The molecule has 1 unspecified atom stereocenters. The van der Waals surface area contributed by atoms with E-state index in [9.17, 15) is 4.57 Å². The lowest BCUT2D eigenvalue weighted by atomic mass is 10.4. The highest BCUT2D eigenvalue weighted by atomic mass is 31.1. The topological polar surface area (TPSA) is 55.8 Å². The summed E-state index contributed by atoms with van der Waals surface area (Å²) in [5.41, 5.74) is 0. The molecule has 0 rings (SSSR count). The summed E-state index contributed by atoms with van der Waals surface area (Å²) in [6.45, 7) is 1.68. The van der Waals surface area contributed by atoms with Crippen molar-refractivity contribution in [3.05, 3.63) is 12.5 Å². The number of ether oxygens (including phenoxy) is 2. The van der Waals surface area contributed by atoms with Crippen LogP contribution >= 0.6 is 7.80 Å². The zero-order valence-electron chi connectivity index (χ0n) is 7.81. The number of aliphatic hydroxyl groups excluding tert-OH is 1. The molecule has 0 aliphatic rings. The predicted molar refractivity (Wildman–Crippen MR) is 50.6 cm³/mol. The Hall–Kier alpha value is -0.600. The van der Waals surface area contributed by atoms with Crippen molar-refractivity contribution in [1.29, 1.82) is 0 Å². The maximum Gasteiger partial charge on any atom is 0.379 e. The molecule has 76 valence electrons. The van der Waals surface area contributed by atoms with E-state index < -0.39 is 7.80 Å². The Bertz CT molecular complexity index is 158. The molecule has 0 saturated carbocycles. The van der Waals surface area contributed by atoms with E-state index in [0.29, 0.717) is 6.16 Å². The highest BCUT2D eigenvalue weighted by molar-refractivity contribution is 7.44. The maximum absolute atomic E-state index is 11.1. The van der Waals surface area contributed by atoms with Gasteiger partial charge in [0.1, 0.15) is 18.7 Å². The third-order valence-corrected chi connectivity index (χ3v) is 2.55. The van der Waals surface area contributed by atoms with Crippen LogP contribution in [-0.4, -0.2) is 24.4 Å². The van der Waals surface area contributed by atoms with Crippen molar-refractivity contribution in [1.82, 2.24) is 0 Å². The minimum Gasteiger partial charge on any atom is -0.472 e. The third kappa shape index (κ3) is 9.31. The van der Waals surface area contributed by atoms with Crippen LogP contribution in [0.2, 0.25) is 0 Å². The molecule has 0 amide bonds. The molecule has 0 aromatic carbocycles. The Morgan fingerprint density at radius 1 is 1.38 bits per heavy atom. The Kier molecular flexibility index (Phi) is 9.05. The van der Waals surface area contributed by atoms with Crippen molar-refractivity contribution < 1.29 is 19.1 Å². The number of aliphatic hydroxyl groups is 1. The van der Waals surface area contributed by atoms with Crippen LogP contribution in [0.1, 0.15) is 19.8 Å². The molecule has 13 heavy (non-hydrogen) atoms. The molecule has 1 N–H and O–H groups in total. The van der Waals surface area contributed by atoms with Gasteiger partial charge in [-0.05, 0) is 6.42 Å². The van der Waals surface area contributed by atoms with Gasteiger partial charge in [0.15, 0.2) is 6.79 Å². The summed E-state index contributed by atoms with van der Waals surface area (Å²) in [4.78, 5) is 0. The fraction of sp³-hybridized carbons (Fsp3) is 0.750. The molecule has 4 nitrogen and oxygen atoms in total. The van der Waals surface area contributed by atoms with Crippen molar-refractivity contribution in [3.8, 4) is 0 Å². The minimum atomic E-state index is -1.25. The molecular weight excluding hydrogens is 191 g/mol. The molecular formula is C8H16O4P+. The van der Waals surface area contributed by atoms with Gasteiger partial charge in [0.25, 0.3) is 6.35 Å². The summed E-state index contributed by atoms with van der Waals surface area (Å²) in [6, 6.07) is 0. The first-order valence-corrected chi connectivity index (χ1v) is 5.85. The molecule has 0 bridgehead atoms. The van der Waals surface area contributed by atoms with E-state index in [2.05, 4.69) is 11.7 Å². The van der Waals surface area contributed by atoms with Crippen LogP contribution in [0.3, 0.4) is 0 Å². The average molecular weight is 207 g/mol. The Morgan fingerprint density at radius 3 is 2.69 bits per heavy atom. The average Bonchev–Trinajstić information content (AvgIpc) is 2.14. The molecule has 0 aromatic heterocycles. The van der Waals surface area contributed by atoms with E-state index in [0.717, 1.165) is 12.8 Å². The van der Waals surface area contributed by atoms with Crippen LogP contribution in [-0.2, 0) is 14.0 Å². The summed E-state index contributed by atoms with van der Waals surface area (Å²) >= 11 is 0. The van der Waals surface area contributed by atoms with Crippen LogP contribution in [0, 0.1) is 0 Å². The highest BCUT2D eigenvalue weighted by Gasteiger charge is 2.12. The van der Waals surface area contributed by atoms with Crippen LogP contribution < -0.4 is 0 Å². The number of unbranched alkanes of at least 4 members (excludes halogenated alkanes) is 1. The number of rotatable bonds is 8. The molecule has 5 heteroatoms. The van der Waals surface area contributed by atoms with Crippen LogP contribution in [0.5, 0.6) is 0 Å². The van der Waals surface area contributed by atoms with Gasteiger partial charge in [-0.15, -0.1) is 0 Å². The fourth-order valence-electron chi connectivity index (χ4n) is 0.647. The lowest BCUT2D eigenvalue weighted by molar-refractivity contribution is 0.0561.